The molecule has 2 fully saturated rings. The summed E-state index contributed by atoms with van der Waals surface area (Å²) in [5, 5.41) is 9.65. The predicted molar refractivity (Wildman–Crippen MR) is 163 cm³/mol. The number of carboxylic acid groups (broad SMARTS) is 1. The van der Waals surface area contributed by atoms with E-state index in [4.69, 9.17) is 9.72 Å². The van der Waals surface area contributed by atoms with Gasteiger partial charge in [0.2, 0.25) is 5.95 Å². The molecule has 5 rings (SSSR count). The van der Waals surface area contributed by atoms with E-state index in [0.29, 0.717) is 42.0 Å². The number of anilines is 1. The minimum Gasteiger partial charge on any atom is -0.497 e. The van der Waals surface area contributed by atoms with Gasteiger partial charge in [0.15, 0.2) is 0 Å². The lowest BCUT2D eigenvalue weighted by atomic mass is 9.89. The molecule has 2 aliphatic rings. The van der Waals surface area contributed by atoms with Crippen molar-refractivity contribution in [2.45, 2.75) is 57.8 Å². The highest BCUT2D eigenvalue weighted by atomic mass is 16.5. The standard InChI is InChI=1S/C34H42N4O4/c1-42-29-14-12-26(13-15-29)21-31-30(33(41)38(24-32(39)40)23-28-10-6-3-7-11-28)22-35-34(36-31)37-18-16-27(17-19-37)20-25-8-4-2-5-9-25/h2,4-5,8-9,12-15,22,27-28H,3,6-7,10-11,16-21,23-24H2,1H3,(H,39,40). The van der Waals surface area contributed by atoms with Crippen LogP contribution in [0.5, 0.6) is 5.75 Å². The van der Waals surface area contributed by atoms with E-state index >= 15 is 0 Å². The third-order valence-electron chi connectivity index (χ3n) is 8.70. The SMILES string of the molecule is COc1ccc(Cc2nc(N3CCC(Cc4ccccc4)CC3)ncc2C(=O)N(CC(=O)O)CC2CCCCC2)cc1. The molecule has 1 saturated carbocycles. The highest BCUT2D eigenvalue weighted by Crippen LogP contribution is 2.28. The number of hydrogen-bond donors (Lipinski definition) is 1. The Labute approximate surface area is 248 Å². The summed E-state index contributed by atoms with van der Waals surface area (Å²) in [4.78, 5) is 39.0. The first kappa shape index (κ1) is 29.5. The maximum atomic E-state index is 13.9. The van der Waals surface area contributed by atoms with Crippen molar-refractivity contribution >= 4 is 17.8 Å². The number of aromatic nitrogens is 2. The molecule has 2 aromatic carbocycles. The molecule has 1 aliphatic heterocycles. The van der Waals surface area contributed by atoms with Gasteiger partial charge in [0.05, 0.1) is 18.4 Å². The van der Waals surface area contributed by atoms with Gasteiger partial charge >= 0.3 is 5.97 Å². The second-order valence-corrected chi connectivity index (χ2v) is 11.8. The van der Waals surface area contributed by atoms with Crippen molar-refractivity contribution in [2.75, 3.05) is 38.2 Å². The summed E-state index contributed by atoms with van der Waals surface area (Å²) in [5.74, 6) is 1.02. The molecule has 2 heterocycles. The molecule has 0 unspecified atom stereocenters. The maximum absolute atomic E-state index is 13.9. The average molecular weight is 571 g/mol. The molecule has 0 atom stereocenters. The van der Waals surface area contributed by atoms with Crippen LogP contribution >= 0.6 is 0 Å². The third-order valence-corrected chi connectivity index (χ3v) is 8.70. The zero-order valence-corrected chi connectivity index (χ0v) is 24.6. The number of piperidine rings is 1. The number of amides is 1. The number of hydrogen-bond acceptors (Lipinski definition) is 6. The van der Waals surface area contributed by atoms with Gasteiger partial charge in [0.25, 0.3) is 5.91 Å². The number of ether oxygens (including phenoxy) is 1. The van der Waals surface area contributed by atoms with E-state index < -0.39 is 5.97 Å². The Hall–Kier alpha value is -3.94. The Balaban J connectivity index is 1.37. The van der Waals surface area contributed by atoms with Crippen molar-refractivity contribution < 1.29 is 19.4 Å². The minimum atomic E-state index is -1.01. The summed E-state index contributed by atoms with van der Waals surface area (Å²) in [6.07, 6.45) is 10.8. The van der Waals surface area contributed by atoms with E-state index in [2.05, 4.69) is 40.2 Å². The Morgan fingerprint density at radius 1 is 0.929 bits per heavy atom. The lowest BCUT2D eigenvalue weighted by Crippen LogP contribution is -2.40. The van der Waals surface area contributed by atoms with Gasteiger partial charge in [-0.15, -0.1) is 0 Å². The van der Waals surface area contributed by atoms with E-state index in [0.717, 1.165) is 69.3 Å². The summed E-state index contributed by atoms with van der Waals surface area (Å²) >= 11 is 0. The molecule has 1 saturated heterocycles. The highest BCUT2D eigenvalue weighted by Gasteiger charge is 2.28. The number of carboxylic acids is 1. The van der Waals surface area contributed by atoms with E-state index in [-0.39, 0.29) is 12.5 Å². The van der Waals surface area contributed by atoms with Gasteiger partial charge < -0.3 is 19.6 Å². The van der Waals surface area contributed by atoms with Gasteiger partial charge in [-0.1, -0.05) is 61.7 Å². The smallest absolute Gasteiger partial charge is 0.323 e. The van der Waals surface area contributed by atoms with Crippen molar-refractivity contribution in [2.24, 2.45) is 11.8 Å². The van der Waals surface area contributed by atoms with E-state index in [1.165, 1.54) is 16.9 Å². The molecule has 1 aromatic heterocycles. The third kappa shape index (κ3) is 7.87. The van der Waals surface area contributed by atoms with Crippen LogP contribution in [-0.4, -0.2) is 65.1 Å². The molecule has 1 aliphatic carbocycles. The zero-order valence-electron chi connectivity index (χ0n) is 24.6. The first-order chi connectivity index (χ1) is 20.5. The largest absolute Gasteiger partial charge is 0.497 e. The van der Waals surface area contributed by atoms with Gasteiger partial charge in [-0.3, -0.25) is 9.59 Å². The molecule has 0 spiro atoms. The number of rotatable bonds is 11. The molecule has 1 amide bonds. The van der Waals surface area contributed by atoms with Crippen LogP contribution in [0.25, 0.3) is 0 Å². The van der Waals surface area contributed by atoms with Gasteiger partial charge in [-0.25, -0.2) is 9.97 Å². The van der Waals surface area contributed by atoms with E-state index in [1.54, 1.807) is 13.3 Å². The zero-order chi connectivity index (χ0) is 29.3. The maximum Gasteiger partial charge on any atom is 0.323 e. The number of aliphatic carboxylic acids is 1. The van der Waals surface area contributed by atoms with Crippen LogP contribution in [0.3, 0.4) is 0 Å². The first-order valence-corrected chi connectivity index (χ1v) is 15.3. The van der Waals surface area contributed by atoms with Crippen LogP contribution in [0, 0.1) is 11.8 Å². The fourth-order valence-electron chi connectivity index (χ4n) is 6.33. The monoisotopic (exact) mass is 570 g/mol. The normalized spacial score (nSPS) is 16.3. The predicted octanol–water partition coefficient (Wildman–Crippen LogP) is 5.64. The molecule has 1 N–H and O–H groups in total. The minimum absolute atomic E-state index is 0.306. The fraction of sp³-hybridized carbons (Fsp3) is 0.471. The molecule has 8 heteroatoms. The van der Waals surface area contributed by atoms with Crippen molar-refractivity contribution in [1.82, 2.24) is 14.9 Å². The van der Waals surface area contributed by atoms with Gasteiger partial charge in [0.1, 0.15) is 12.3 Å². The van der Waals surface area contributed by atoms with Crippen LogP contribution in [0.15, 0.2) is 60.8 Å². The molecule has 42 heavy (non-hydrogen) atoms. The van der Waals surface area contributed by atoms with Crippen LogP contribution in [0.2, 0.25) is 0 Å². The Morgan fingerprint density at radius 3 is 2.31 bits per heavy atom. The molecular formula is C34H42N4O4. The van der Waals surface area contributed by atoms with Crippen molar-refractivity contribution in [3.8, 4) is 5.75 Å². The van der Waals surface area contributed by atoms with E-state index in [1.807, 2.05) is 24.3 Å². The summed E-state index contributed by atoms with van der Waals surface area (Å²) < 4.78 is 5.32. The fourth-order valence-corrected chi connectivity index (χ4v) is 6.33. The van der Waals surface area contributed by atoms with Crippen LogP contribution < -0.4 is 9.64 Å². The molecule has 0 radical (unpaired) electrons. The molecule has 3 aromatic rings. The number of carbonyl (C=O) groups excluding carboxylic acids is 1. The lowest BCUT2D eigenvalue weighted by Gasteiger charge is -2.32. The Morgan fingerprint density at radius 2 is 1.64 bits per heavy atom. The number of benzene rings is 2. The van der Waals surface area contributed by atoms with Crippen molar-refractivity contribution in [3.63, 3.8) is 0 Å². The van der Waals surface area contributed by atoms with Crippen LogP contribution in [0.1, 0.15) is 72.1 Å². The van der Waals surface area contributed by atoms with Crippen LogP contribution in [-0.2, 0) is 17.6 Å². The lowest BCUT2D eigenvalue weighted by molar-refractivity contribution is -0.137. The summed E-state index contributed by atoms with van der Waals surface area (Å²) in [7, 11) is 1.63. The number of methoxy groups -OCH3 is 1. The van der Waals surface area contributed by atoms with Gasteiger partial charge in [0, 0.05) is 32.3 Å². The van der Waals surface area contributed by atoms with Gasteiger partial charge in [-0.2, -0.15) is 0 Å². The first-order valence-electron chi connectivity index (χ1n) is 15.3. The van der Waals surface area contributed by atoms with Crippen molar-refractivity contribution in [1.29, 1.82) is 0 Å². The Bertz CT molecular complexity index is 1320. The average Bonchev–Trinajstić information content (AvgIpc) is 3.02. The van der Waals surface area contributed by atoms with Crippen molar-refractivity contribution in [3.05, 3.63) is 83.2 Å². The Kier molecular flexibility index (Phi) is 10.1. The second kappa shape index (κ2) is 14.3. The summed E-state index contributed by atoms with van der Waals surface area (Å²) in [5.41, 5.74) is 3.37. The topological polar surface area (TPSA) is 95.9 Å². The quantitative estimate of drug-likeness (QED) is 0.319. The second-order valence-electron chi connectivity index (χ2n) is 11.8. The van der Waals surface area contributed by atoms with E-state index in [9.17, 15) is 14.7 Å². The molecule has 8 nitrogen and oxygen atoms in total. The molecular weight excluding hydrogens is 528 g/mol. The van der Waals surface area contributed by atoms with Gasteiger partial charge in [-0.05, 0) is 67.2 Å². The number of carbonyl (C=O) groups is 2. The summed E-state index contributed by atoms with van der Waals surface area (Å²) in [6.45, 7) is 1.84. The highest BCUT2D eigenvalue weighted by molar-refractivity contribution is 5.96. The number of nitrogens with zero attached hydrogens (tertiary/aromatic N) is 4. The molecule has 222 valence electrons. The molecule has 0 bridgehead atoms. The summed E-state index contributed by atoms with van der Waals surface area (Å²) in [6, 6.07) is 18.4. The van der Waals surface area contributed by atoms with Crippen LogP contribution in [0.4, 0.5) is 5.95 Å².